The molecule has 5 unspecified atom stereocenters. The van der Waals surface area contributed by atoms with Crippen LogP contribution in [-0.4, -0.2) is 99.2 Å². The lowest BCUT2D eigenvalue weighted by Crippen LogP contribution is -2.76. The number of nitrogens with two attached hydrogens (primary N) is 4. The molecule has 0 spiro atoms. The Bertz CT molecular complexity index is 2120. The van der Waals surface area contributed by atoms with Crippen molar-refractivity contribution in [2.75, 3.05) is 18.0 Å². The molecule has 16 nitrogen and oxygen atoms in total. The fourth-order valence-electron chi connectivity index (χ4n) is 12.2. The first-order valence-corrected chi connectivity index (χ1v) is 20.4. The number of likely N-dealkylation sites (tertiary alicyclic amines) is 2. The van der Waals surface area contributed by atoms with Gasteiger partial charge in [0.05, 0.1) is 0 Å². The zero-order chi connectivity index (χ0) is 42.9. The highest BCUT2D eigenvalue weighted by Crippen LogP contribution is 2.53. The average molecular weight is 822 g/mol. The van der Waals surface area contributed by atoms with Crippen molar-refractivity contribution in [1.82, 2.24) is 9.80 Å². The van der Waals surface area contributed by atoms with E-state index in [0.717, 1.165) is 11.1 Å². The molecule has 0 aromatic heterocycles. The van der Waals surface area contributed by atoms with E-state index in [1.54, 1.807) is 38.1 Å². The highest BCUT2D eigenvalue weighted by atomic mass is 16.6. The van der Waals surface area contributed by atoms with Gasteiger partial charge in [0.25, 0.3) is 11.8 Å². The van der Waals surface area contributed by atoms with Crippen LogP contribution >= 0.6 is 0 Å². The third-order valence-corrected chi connectivity index (χ3v) is 14.6. The van der Waals surface area contributed by atoms with Gasteiger partial charge in [0, 0.05) is 53.8 Å². The Hall–Kier alpha value is -6.00. The largest absolute Gasteiger partial charge is 0.508 e. The minimum atomic E-state index is -2.18. The van der Waals surface area contributed by atoms with Crippen molar-refractivity contribution < 1.29 is 43.3 Å². The molecule has 3 heterocycles. The van der Waals surface area contributed by atoms with Crippen LogP contribution < -0.4 is 27.8 Å². The second-order valence-electron chi connectivity index (χ2n) is 17.4. The summed E-state index contributed by atoms with van der Waals surface area (Å²) in [5, 5.41) is 10.4. The lowest BCUT2D eigenvalue weighted by Gasteiger charge is -2.55. The number of anilines is 1. The van der Waals surface area contributed by atoms with Crippen LogP contribution in [0.1, 0.15) is 74.6 Å². The molecule has 316 valence electrons. The van der Waals surface area contributed by atoms with Crippen molar-refractivity contribution in [3.63, 3.8) is 0 Å². The summed E-state index contributed by atoms with van der Waals surface area (Å²) in [4.78, 5) is 88.2. The lowest BCUT2D eigenvalue weighted by molar-refractivity contribution is -0.167. The molecule has 7 aliphatic rings. The number of phenolic OH excluding ortho intramolecular Hbond substituents is 1. The van der Waals surface area contributed by atoms with E-state index in [1.807, 2.05) is 58.3 Å². The van der Waals surface area contributed by atoms with Crippen LogP contribution in [0.3, 0.4) is 0 Å². The van der Waals surface area contributed by atoms with Crippen molar-refractivity contribution in [2.24, 2.45) is 22.9 Å². The molecule has 9 N–H and O–H groups in total. The number of carbonyl (C=O) groups is 6. The van der Waals surface area contributed by atoms with Gasteiger partial charge in [0.1, 0.15) is 5.75 Å². The number of hydrogen-bond donors (Lipinski definition) is 5. The normalized spacial score (nSPS) is 29.1. The van der Waals surface area contributed by atoms with Crippen molar-refractivity contribution in [3.8, 4) is 5.75 Å². The molecular weight excluding hydrogens is 771 g/mol. The molecule has 10 rings (SSSR count). The van der Waals surface area contributed by atoms with Crippen LogP contribution in [0.15, 0.2) is 72.8 Å². The molecule has 3 aliphatic heterocycles. The second kappa shape index (κ2) is 14.6. The summed E-state index contributed by atoms with van der Waals surface area (Å²) in [5.41, 5.74) is 20.6. The summed E-state index contributed by atoms with van der Waals surface area (Å²) in [7, 11) is 0. The van der Waals surface area contributed by atoms with E-state index in [0.29, 0.717) is 55.3 Å². The second-order valence-corrected chi connectivity index (χ2v) is 17.4. The maximum Gasteiger partial charge on any atom is 0.412 e. The molecule has 3 fully saturated rings. The maximum atomic E-state index is 14.6. The first kappa shape index (κ1) is 40.8. The Labute approximate surface area is 347 Å². The van der Waals surface area contributed by atoms with Gasteiger partial charge in [-0.05, 0) is 97.9 Å². The van der Waals surface area contributed by atoms with Crippen molar-refractivity contribution in [2.45, 2.75) is 111 Å². The number of nitrogens with zero attached hydrogens (tertiary/aromatic N) is 3. The number of rotatable bonds is 11. The fraction of sp³-hybridized carbons (Fsp3) is 0.455. The van der Waals surface area contributed by atoms with Gasteiger partial charge in [0.15, 0.2) is 0 Å². The molecule has 16 heteroatoms. The number of esters is 2. The number of phenols is 1. The number of aromatic hydroxyl groups is 1. The Balaban J connectivity index is 1.26. The van der Waals surface area contributed by atoms with Crippen LogP contribution in [0.2, 0.25) is 0 Å². The first-order chi connectivity index (χ1) is 28.5. The van der Waals surface area contributed by atoms with Gasteiger partial charge < -0.3 is 42.4 Å². The maximum absolute atomic E-state index is 14.6. The SMILES string of the molecule is CC1([C@](C(N)=O)(C(=O)OC(N)=O)N2CCCC2C2CC[C@@H](C3CCCN3[C@@](C(N)=O)(C(=O)OC(N)=O)C3(C)Cc4ccc3cc4)N2c2ccc(O)cc2)Cc2ccc1cc2. The number of benzene rings is 3. The van der Waals surface area contributed by atoms with Gasteiger partial charge in [-0.1, -0.05) is 62.4 Å². The number of amides is 4. The highest BCUT2D eigenvalue weighted by Gasteiger charge is 2.70. The molecular formula is C44H51N7O9. The Morgan fingerprint density at radius 2 is 0.967 bits per heavy atom. The summed E-state index contributed by atoms with van der Waals surface area (Å²) >= 11 is 0. The Morgan fingerprint density at radius 1 is 0.583 bits per heavy atom. The van der Waals surface area contributed by atoms with E-state index in [4.69, 9.17) is 32.4 Å². The summed E-state index contributed by atoms with van der Waals surface area (Å²) in [6.07, 6.45) is 1.03. The molecule has 0 radical (unpaired) electrons. The van der Waals surface area contributed by atoms with Gasteiger partial charge in [-0.3, -0.25) is 19.4 Å². The number of hydrogen-bond acceptors (Lipinski definition) is 12. The smallest absolute Gasteiger partial charge is 0.412 e. The predicted molar refractivity (Wildman–Crippen MR) is 217 cm³/mol. The van der Waals surface area contributed by atoms with E-state index in [9.17, 15) is 33.9 Å². The molecule has 4 aliphatic carbocycles. The highest BCUT2D eigenvalue weighted by molar-refractivity contribution is 6.12. The van der Waals surface area contributed by atoms with Gasteiger partial charge in [-0.25, -0.2) is 19.2 Å². The number of ether oxygens (including phenoxy) is 2. The topological polar surface area (TPSA) is 255 Å². The fourth-order valence-corrected chi connectivity index (χ4v) is 12.2. The average Bonchev–Trinajstić information content (AvgIpc) is 3.96. The standard InChI is InChI=1S/C44H51N7O9/c1-41(23-25-7-11-27(41)12-8-25)43(35(45)53,37(55)59-39(47)57)49-21-3-5-31(49)33-19-20-34(51(33)29-15-17-30(52)18-16-29)32-6-4-22-50(32)44(36(46)54,38(56)60-40(48)58)42(2)24-26-9-13-28(42)14-10-26/h7-18,31-34,52H,3-6,19-24H2,1-2H3,(H2,45,53)(H2,46,54)(H2,47,57)(H2,48,58)/t31?,32?,33-,34?,41?,42?,43-,44-/m0/s1. The molecule has 4 amide bonds. The van der Waals surface area contributed by atoms with E-state index in [-0.39, 0.29) is 31.7 Å². The summed E-state index contributed by atoms with van der Waals surface area (Å²) in [6.45, 7) is 4.09. The lowest BCUT2D eigenvalue weighted by atomic mass is 9.59. The third-order valence-electron chi connectivity index (χ3n) is 14.6. The third kappa shape index (κ3) is 5.78. The van der Waals surface area contributed by atoms with Crippen molar-refractivity contribution >= 4 is 41.6 Å². The number of fused-ring (bicyclic) bond motifs is 6. The van der Waals surface area contributed by atoms with Crippen LogP contribution in [0.25, 0.3) is 0 Å². The molecule has 0 saturated carbocycles. The number of carbonyl (C=O) groups excluding carboxylic acids is 6. The van der Waals surface area contributed by atoms with Crippen LogP contribution in [0.5, 0.6) is 5.75 Å². The summed E-state index contributed by atoms with van der Waals surface area (Å²) < 4.78 is 10.3. The van der Waals surface area contributed by atoms with E-state index < -0.39 is 82.0 Å². The molecule has 3 aromatic rings. The molecule has 60 heavy (non-hydrogen) atoms. The summed E-state index contributed by atoms with van der Waals surface area (Å²) in [5.74, 6) is -4.23. The van der Waals surface area contributed by atoms with Crippen molar-refractivity contribution in [1.29, 1.82) is 0 Å². The van der Waals surface area contributed by atoms with Crippen LogP contribution in [0, 0.1) is 0 Å². The van der Waals surface area contributed by atoms with E-state index in [1.165, 1.54) is 0 Å². The van der Waals surface area contributed by atoms with Crippen LogP contribution in [-0.2, 0) is 52.3 Å². The van der Waals surface area contributed by atoms with E-state index in [2.05, 4.69) is 4.90 Å². The van der Waals surface area contributed by atoms with Gasteiger partial charge >= 0.3 is 24.1 Å². The van der Waals surface area contributed by atoms with Crippen LogP contribution in [0.4, 0.5) is 15.3 Å². The monoisotopic (exact) mass is 821 g/mol. The quantitative estimate of drug-likeness (QED) is 0.138. The predicted octanol–water partition coefficient (Wildman–Crippen LogP) is 2.38. The first-order valence-electron chi connectivity index (χ1n) is 20.4. The zero-order valence-electron chi connectivity index (χ0n) is 33.7. The molecule has 4 bridgehead atoms. The van der Waals surface area contributed by atoms with Gasteiger partial charge in [-0.2, -0.15) is 0 Å². The molecule has 8 atom stereocenters. The summed E-state index contributed by atoms with van der Waals surface area (Å²) in [6, 6.07) is 19.8. The molecule has 3 aromatic carbocycles. The Morgan fingerprint density at radius 3 is 1.28 bits per heavy atom. The van der Waals surface area contributed by atoms with E-state index >= 15 is 0 Å². The zero-order valence-corrected chi connectivity index (χ0v) is 33.7. The van der Waals surface area contributed by atoms with Gasteiger partial charge in [0.2, 0.25) is 11.1 Å². The Kier molecular flexibility index (Phi) is 9.93. The minimum Gasteiger partial charge on any atom is -0.508 e. The number of primary amides is 4. The van der Waals surface area contributed by atoms with Crippen molar-refractivity contribution in [3.05, 3.63) is 95.1 Å². The minimum absolute atomic E-state index is 0.0340. The molecule has 3 saturated heterocycles. The van der Waals surface area contributed by atoms with Gasteiger partial charge in [-0.15, -0.1) is 0 Å².